The summed E-state index contributed by atoms with van der Waals surface area (Å²) in [5.41, 5.74) is 7.67. The van der Waals surface area contributed by atoms with E-state index in [9.17, 15) is 13.2 Å². The van der Waals surface area contributed by atoms with Crippen LogP contribution in [-0.2, 0) is 10.0 Å². The number of nitrogens with two attached hydrogens (primary N) is 2. The summed E-state index contributed by atoms with van der Waals surface area (Å²) in [6, 6.07) is 24.5. The highest BCUT2D eigenvalue weighted by atomic mass is 35.5. The van der Waals surface area contributed by atoms with Gasteiger partial charge >= 0.3 is 0 Å². The number of rotatable bonds is 7. The Morgan fingerprint density at radius 1 is 0.917 bits per heavy atom. The Hall–Kier alpha value is -4.18. The molecule has 4 rings (SSSR count). The number of hydrogen-bond donors (Lipinski definition) is 4. The molecule has 36 heavy (non-hydrogen) atoms. The van der Waals surface area contributed by atoms with Crippen LogP contribution in [0.25, 0.3) is 11.1 Å². The Morgan fingerprint density at radius 3 is 2.31 bits per heavy atom. The van der Waals surface area contributed by atoms with Crippen LogP contribution in [0.2, 0.25) is 5.02 Å². The van der Waals surface area contributed by atoms with E-state index < -0.39 is 15.9 Å². The van der Waals surface area contributed by atoms with Gasteiger partial charge in [-0.25, -0.2) is 13.6 Å². The molecule has 0 aromatic heterocycles. The van der Waals surface area contributed by atoms with Crippen LogP contribution in [0, 0.1) is 5.41 Å². The van der Waals surface area contributed by atoms with E-state index >= 15 is 0 Å². The first-order valence-corrected chi connectivity index (χ1v) is 12.5. The van der Waals surface area contributed by atoms with Gasteiger partial charge in [-0.2, -0.15) is 0 Å². The number of amides is 1. The minimum Gasteiger partial charge on any atom is -0.456 e. The highest BCUT2D eigenvalue weighted by Crippen LogP contribution is 2.32. The number of nitrogen functional groups attached to an aromatic ring is 1. The molecular weight excluding hydrogens is 500 g/mol. The fraction of sp³-hybridized carbons (Fsp3) is 0. The van der Waals surface area contributed by atoms with E-state index in [1.54, 1.807) is 84.9 Å². The standard InChI is InChI=1S/C26H21ClN4O4S/c27-21-8-4-9-22(35-19-6-3-5-17(15-19)25(28)29)24(21)26(32)31-18-13-11-16(12-14-18)20-7-1-2-10-23(20)36(30,33)34/h1-15H,(H3,28,29)(H,31,32)(H2,30,33,34). The number of carbonyl (C=O) groups excluding carboxylic acids is 1. The van der Waals surface area contributed by atoms with Crippen molar-refractivity contribution in [2.24, 2.45) is 10.9 Å². The summed E-state index contributed by atoms with van der Waals surface area (Å²) < 4.78 is 29.7. The second kappa shape index (κ2) is 10.2. The normalized spacial score (nSPS) is 11.1. The number of hydrogen-bond acceptors (Lipinski definition) is 5. The Balaban J connectivity index is 1.59. The van der Waals surface area contributed by atoms with Crippen molar-refractivity contribution in [3.63, 3.8) is 0 Å². The zero-order valence-corrected chi connectivity index (χ0v) is 20.3. The molecular formula is C26H21ClN4O4S. The van der Waals surface area contributed by atoms with Crippen molar-refractivity contribution < 1.29 is 17.9 Å². The van der Waals surface area contributed by atoms with E-state index in [-0.39, 0.29) is 27.1 Å². The lowest BCUT2D eigenvalue weighted by Gasteiger charge is -2.14. The maximum absolute atomic E-state index is 13.1. The maximum Gasteiger partial charge on any atom is 0.260 e. The molecule has 0 spiro atoms. The molecule has 0 aliphatic rings. The highest BCUT2D eigenvalue weighted by molar-refractivity contribution is 7.89. The molecule has 6 N–H and O–H groups in total. The highest BCUT2D eigenvalue weighted by Gasteiger charge is 2.19. The molecule has 0 atom stereocenters. The minimum absolute atomic E-state index is 0.00786. The van der Waals surface area contributed by atoms with Crippen LogP contribution in [0.3, 0.4) is 0 Å². The average molecular weight is 521 g/mol. The monoisotopic (exact) mass is 520 g/mol. The van der Waals surface area contributed by atoms with Gasteiger partial charge in [0.15, 0.2) is 0 Å². The first-order valence-electron chi connectivity index (χ1n) is 10.6. The summed E-state index contributed by atoms with van der Waals surface area (Å²) in [6.07, 6.45) is 0. The molecule has 4 aromatic carbocycles. The molecule has 0 saturated carbocycles. The Morgan fingerprint density at radius 2 is 1.61 bits per heavy atom. The van der Waals surface area contributed by atoms with Gasteiger partial charge in [0.1, 0.15) is 22.9 Å². The molecule has 0 radical (unpaired) electrons. The molecule has 0 unspecified atom stereocenters. The smallest absolute Gasteiger partial charge is 0.260 e. The van der Waals surface area contributed by atoms with Crippen LogP contribution in [0.5, 0.6) is 11.5 Å². The van der Waals surface area contributed by atoms with Gasteiger partial charge in [0.05, 0.1) is 9.92 Å². The van der Waals surface area contributed by atoms with Crippen molar-refractivity contribution in [2.45, 2.75) is 4.90 Å². The fourth-order valence-electron chi connectivity index (χ4n) is 3.54. The van der Waals surface area contributed by atoms with Crippen LogP contribution in [0.1, 0.15) is 15.9 Å². The number of ether oxygens (including phenoxy) is 1. The van der Waals surface area contributed by atoms with E-state index in [4.69, 9.17) is 32.6 Å². The number of sulfonamides is 1. The van der Waals surface area contributed by atoms with Gasteiger partial charge in [-0.3, -0.25) is 10.2 Å². The lowest BCUT2D eigenvalue weighted by Crippen LogP contribution is -2.14. The third kappa shape index (κ3) is 5.55. The molecule has 0 aliphatic carbocycles. The SMILES string of the molecule is N=C(N)c1cccc(Oc2cccc(Cl)c2C(=O)Nc2ccc(-c3ccccc3S(N)(=O)=O)cc2)c1. The molecule has 1 amide bonds. The van der Waals surface area contributed by atoms with Crippen LogP contribution in [-0.4, -0.2) is 20.2 Å². The van der Waals surface area contributed by atoms with Gasteiger partial charge in [0.25, 0.3) is 5.91 Å². The largest absolute Gasteiger partial charge is 0.456 e. The minimum atomic E-state index is -3.91. The number of benzene rings is 4. The van der Waals surface area contributed by atoms with Gasteiger partial charge in [-0.1, -0.05) is 60.1 Å². The third-order valence-corrected chi connectivity index (χ3v) is 6.51. The summed E-state index contributed by atoms with van der Waals surface area (Å²) in [5.74, 6) is -0.00746. The third-order valence-electron chi connectivity index (χ3n) is 5.22. The van der Waals surface area contributed by atoms with Crippen LogP contribution >= 0.6 is 11.6 Å². The summed E-state index contributed by atoms with van der Waals surface area (Å²) in [6.45, 7) is 0. The molecule has 182 valence electrons. The maximum atomic E-state index is 13.1. The average Bonchev–Trinajstić information content (AvgIpc) is 2.84. The van der Waals surface area contributed by atoms with Crippen LogP contribution in [0.4, 0.5) is 5.69 Å². The summed E-state index contributed by atoms with van der Waals surface area (Å²) in [7, 11) is -3.91. The molecule has 0 bridgehead atoms. The summed E-state index contributed by atoms with van der Waals surface area (Å²) in [5, 5.41) is 15.9. The number of anilines is 1. The van der Waals surface area contributed by atoms with Crippen molar-refractivity contribution in [1.82, 2.24) is 0 Å². The van der Waals surface area contributed by atoms with Crippen molar-refractivity contribution in [2.75, 3.05) is 5.32 Å². The second-order valence-corrected chi connectivity index (χ2v) is 9.67. The zero-order valence-electron chi connectivity index (χ0n) is 18.7. The predicted octanol–water partition coefficient (Wildman–Crippen LogP) is 4.98. The summed E-state index contributed by atoms with van der Waals surface area (Å²) >= 11 is 6.34. The Kier molecular flexibility index (Phi) is 7.07. The fourth-order valence-corrected chi connectivity index (χ4v) is 4.56. The zero-order chi connectivity index (χ0) is 25.9. The lowest BCUT2D eigenvalue weighted by atomic mass is 10.1. The van der Waals surface area contributed by atoms with Crippen LogP contribution < -0.4 is 20.9 Å². The lowest BCUT2D eigenvalue weighted by molar-refractivity contribution is 0.102. The van der Waals surface area contributed by atoms with E-state index in [0.717, 1.165) is 0 Å². The van der Waals surface area contributed by atoms with Crippen LogP contribution in [0.15, 0.2) is 95.9 Å². The first-order chi connectivity index (χ1) is 17.1. The van der Waals surface area contributed by atoms with Gasteiger partial charge in [-0.15, -0.1) is 0 Å². The Bertz CT molecular complexity index is 1570. The molecule has 4 aromatic rings. The quantitative estimate of drug-likeness (QED) is 0.200. The van der Waals surface area contributed by atoms with Crippen molar-refractivity contribution in [1.29, 1.82) is 5.41 Å². The van der Waals surface area contributed by atoms with Crippen molar-refractivity contribution in [3.05, 3.63) is 107 Å². The van der Waals surface area contributed by atoms with Gasteiger partial charge in [-0.05, 0) is 48.0 Å². The predicted molar refractivity (Wildman–Crippen MR) is 140 cm³/mol. The van der Waals surface area contributed by atoms with E-state index in [0.29, 0.717) is 28.1 Å². The number of amidine groups is 1. The molecule has 0 heterocycles. The molecule has 8 nitrogen and oxygen atoms in total. The number of halogens is 1. The molecule has 0 fully saturated rings. The van der Waals surface area contributed by atoms with E-state index in [1.807, 2.05) is 0 Å². The van der Waals surface area contributed by atoms with Gasteiger partial charge in [0, 0.05) is 16.8 Å². The summed E-state index contributed by atoms with van der Waals surface area (Å²) in [4.78, 5) is 13.1. The van der Waals surface area contributed by atoms with Crippen molar-refractivity contribution in [3.8, 4) is 22.6 Å². The number of carbonyl (C=O) groups is 1. The van der Waals surface area contributed by atoms with E-state index in [2.05, 4.69) is 5.32 Å². The Labute approximate surface area is 213 Å². The topological polar surface area (TPSA) is 148 Å². The number of nitrogens with one attached hydrogen (secondary N) is 2. The van der Waals surface area contributed by atoms with E-state index in [1.165, 1.54) is 6.07 Å². The number of primary sulfonamides is 1. The second-order valence-electron chi connectivity index (χ2n) is 7.73. The first kappa shape index (κ1) is 24.9. The molecule has 0 saturated heterocycles. The van der Waals surface area contributed by atoms with Crippen molar-refractivity contribution >= 4 is 39.1 Å². The van der Waals surface area contributed by atoms with Gasteiger partial charge in [0.2, 0.25) is 10.0 Å². The van der Waals surface area contributed by atoms with Gasteiger partial charge < -0.3 is 15.8 Å². The molecule has 0 aliphatic heterocycles. The molecule has 10 heteroatoms.